The van der Waals surface area contributed by atoms with Crippen molar-refractivity contribution in [2.45, 2.75) is 51.0 Å². The molecule has 1 aliphatic heterocycles. The van der Waals surface area contributed by atoms with E-state index < -0.39 is 15.6 Å². The van der Waals surface area contributed by atoms with Gasteiger partial charge in [0.25, 0.3) is 0 Å². The molecule has 2 fully saturated rings. The summed E-state index contributed by atoms with van der Waals surface area (Å²) < 4.78 is 25.3. The fourth-order valence-electron chi connectivity index (χ4n) is 3.12. The van der Waals surface area contributed by atoms with E-state index in [1.807, 2.05) is 0 Å². The zero-order chi connectivity index (χ0) is 12.5. The van der Waals surface area contributed by atoms with Crippen molar-refractivity contribution < 1.29 is 13.5 Å². The second kappa shape index (κ2) is 4.86. The molecule has 2 unspecified atom stereocenters. The van der Waals surface area contributed by atoms with Crippen LogP contribution in [0.3, 0.4) is 0 Å². The van der Waals surface area contributed by atoms with Gasteiger partial charge >= 0.3 is 0 Å². The SMILES string of the molecule is CC1CCCC(O)(CN2CCCCS2(=O)=O)C1. The topological polar surface area (TPSA) is 57.6 Å². The first-order valence-corrected chi connectivity index (χ1v) is 8.22. The van der Waals surface area contributed by atoms with Gasteiger partial charge in [0, 0.05) is 13.1 Å². The van der Waals surface area contributed by atoms with Gasteiger partial charge < -0.3 is 5.11 Å². The van der Waals surface area contributed by atoms with Crippen LogP contribution >= 0.6 is 0 Å². The van der Waals surface area contributed by atoms with Crippen molar-refractivity contribution in [1.82, 2.24) is 4.31 Å². The van der Waals surface area contributed by atoms with Crippen molar-refractivity contribution in [1.29, 1.82) is 0 Å². The average molecular weight is 261 g/mol. The fraction of sp³-hybridized carbons (Fsp3) is 1.00. The Hall–Kier alpha value is -0.130. The quantitative estimate of drug-likeness (QED) is 0.816. The largest absolute Gasteiger partial charge is 0.389 e. The lowest BCUT2D eigenvalue weighted by atomic mass is 9.79. The maximum Gasteiger partial charge on any atom is 0.214 e. The molecule has 1 saturated carbocycles. The van der Waals surface area contributed by atoms with Gasteiger partial charge in [-0.1, -0.05) is 19.8 Å². The highest BCUT2D eigenvalue weighted by Crippen LogP contribution is 2.33. The van der Waals surface area contributed by atoms with Crippen molar-refractivity contribution >= 4 is 10.0 Å². The van der Waals surface area contributed by atoms with E-state index >= 15 is 0 Å². The number of sulfonamides is 1. The minimum Gasteiger partial charge on any atom is -0.389 e. The van der Waals surface area contributed by atoms with E-state index in [2.05, 4.69) is 6.92 Å². The van der Waals surface area contributed by atoms with Crippen molar-refractivity contribution in [3.8, 4) is 0 Å². The molecule has 1 aliphatic carbocycles. The standard InChI is InChI=1S/C12H23NO3S/c1-11-5-4-6-12(14,9-11)10-13-7-2-3-8-17(13,15)16/h11,14H,2-10H2,1H3. The van der Waals surface area contributed by atoms with E-state index in [-0.39, 0.29) is 5.75 Å². The second-order valence-electron chi connectivity index (χ2n) is 5.78. The molecule has 100 valence electrons. The molecule has 0 amide bonds. The van der Waals surface area contributed by atoms with Gasteiger partial charge in [-0.2, -0.15) is 4.31 Å². The van der Waals surface area contributed by atoms with Crippen LogP contribution in [0.15, 0.2) is 0 Å². The molecule has 2 aliphatic rings. The Morgan fingerprint density at radius 1 is 1.35 bits per heavy atom. The Morgan fingerprint density at radius 2 is 2.12 bits per heavy atom. The van der Waals surface area contributed by atoms with E-state index in [4.69, 9.17) is 0 Å². The third kappa shape index (κ3) is 3.20. The highest BCUT2D eigenvalue weighted by atomic mass is 32.2. The first-order valence-electron chi connectivity index (χ1n) is 6.62. The molecule has 0 radical (unpaired) electrons. The van der Waals surface area contributed by atoms with Gasteiger partial charge in [-0.3, -0.25) is 0 Å². The van der Waals surface area contributed by atoms with E-state index in [9.17, 15) is 13.5 Å². The predicted octanol–water partition coefficient (Wildman–Crippen LogP) is 1.35. The summed E-state index contributed by atoms with van der Waals surface area (Å²) >= 11 is 0. The van der Waals surface area contributed by atoms with E-state index in [0.717, 1.165) is 38.5 Å². The molecule has 0 aromatic heterocycles. The van der Waals surface area contributed by atoms with Crippen molar-refractivity contribution in [2.75, 3.05) is 18.8 Å². The molecule has 0 spiro atoms. The smallest absolute Gasteiger partial charge is 0.214 e. The Labute approximate surface area is 104 Å². The lowest BCUT2D eigenvalue weighted by Crippen LogP contribution is -2.50. The van der Waals surface area contributed by atoms with Crippen LogP contribution in [0, 0.1) is 5.92 Å². The summed E-state index contributed by atoms with van der Waals surface area (Å²) in [5.41, 5.74) is -0.790. The number of β-amino-alcohol motifs (C(OH)–C–C–N with tert-alkyl or cyclic N) is 1. The number of hydrogen-bond donors (Lipinski definition) is 1. The van der Waals surface area contributed by atoms with Gasteiger partial charge in [-0.15, -0.1) is 0 Å². The second-order valence-corrected chi connectivity index (χ2v) is 7.87. The molecule has 1 saturated heterocycles. The number of hydrogen-bond acceptors (Lipinski definition) is 3. The van der Waals surface area contributed by atoms with Crippen LogP contribution in [0.25, 0.3) is 0 Å². The van der Waals surface area contributed by atoms with Gasteiger partial charge in [-0.05, 0) is 31.6 Å². The molecular formula is C12H23NO3S. The Balaban J connectivity index is 2.04. The molecule has 2 rings (SSSR count). The molecule has 17 heavy (non-hydrogen) atoms. The molecule has 1 N–H and O–H groups in total. The van der Waals surface area contributed by atoms with Crippen LogP contribution in [0.5, 0.6) is 0 Å². The first kappa shape index (κ1) is 13.3. The molecule has 2 atom stereocenters. The number of nitrogens with zero attached hydrogens (tertiary/aromatic N) is 1. The third-order valence-corrected chi connectivity index (χ3v) is 5.89. The molecule has 0 aromatic carbocycles. The average Bonchev–Trinajstić information content (AvgIpc) is 2.20. The van der Waals surface area contributed by atoms with Crippen LogP contribution in [-0.2, 0) is 10.0 Å². The van der Waals surface area contributed by atoms with Crippen LogP contribution in [0.2, 0.25) is 0 Å². The molecule has 1 heterocycles. The van der Waals surface area contributed by atoms with Crippen LogP contribution < -0.4 is 0 Å². The highest BCUT2D eigenvalue weighted by Gasteiger charge is 2.38. The van der Waals surface area contributed by atoms with E-state index in [1.54, 1.807) is 0 Å². The highest BCUT2D eigenvalue weighted by molar-refractivity contribution is 7.89. The van der Waals surface area contributed by atoms with Crippen LogP contribution in [0.1, 0.15) is 45.4 Å². The monoisotopic (exact) mass is 261 g/mol. The maximum absolute atomic E-state index is 11.9. The summed E-state index contributed by atoms with van der Waals surface area (Å²) in [6.45, 7) is 3.02. The van der Waals surface area contributed by atoms with Crippen molar-refractivity contribution in [3.63, 3.8) is 0 Å². The van der Waals surface area contributed by atoms with Crippen molar-refractivity contribution in [3.05, 3.63) is 0 Å². The zero-order valence-corrected chi connectivity index (χ0v) is 11.4. The van der Waals surface area contributed by atoms with Gasteiger partial charge in [-0.25, -0.2) is 8.42 Å². The summed E-state index contributed by atoms with van der Waals surface area (Å²) in [7, 11) is -3.11. The minimum absolute atomic E-state index is 0.249. The summed E-state index contributed by atoms with van der Waals surface area (Å²) in [6.07, 6.45) is 5.31. The first-order chi connectivity index (χ1) is 7.91. The third-order valence-electron chi connectivity index (χ3n) is 3.99. The van der Waals surface area contributed by atoms with Gasteiger partial charge in [0.1, 0.15) is 0 Å². The van der Waals surface area contributed by atoms with E-state index in [0.29, 0.717) is 19.0 Å². The minimum atomic E-state index is -3.11. The Morgan fingerprint density at radius 3 is 2.76 bits per heavy atom. The molecular weight excluding hydrogens is 238 g/mol. The fourth-order valence-corrected chi connectivity index (χ4v) is 4.79. The van der Waals surface area contributed by atoms with Crippen LogP contribution in [0.4, 0.5) is 0 Å². The summed E-state index contributed by atoms with van der Waals surface area (Å²) in [6, 6.07) is 0. The van der Waals surface area contributed by atoms with Gasteiger partial charge in [0.2, 0.25) is 10.0 Å². The summed E-state index contributed by atoms with van der Waals surface area (Å²) in [5.74, 6) is 0.750. The van der Waals surface area contributed by atoms with Crippen molar-refractivity contribution in [2.24, 2.45) is 5.92 Å². The normalized spacial score (nSPS) is 39.1. The Bertz CT molecular complexity index is 368. The lowest BCUT2D eigenvalue weighted by molar-refractivity contribution is -0.0264. The lowest BCUT2D eigenvalue weighted by Gasteiger charge is -2.39. The number of rotatable bonds is 2. The molecule has 0 aromatic rings. The zero-order valence-electron chi connectivity index (χ0n) is 10.6. The molecule has 4 nitrogen and oxygen atoms in total. The predicted molar refractivity (Wildman–Crippen MR) is 67.2 cm³/mol. The summed E-state index contributed by atoms with van der Waals surface area (Å²) in [5, 5.41) is 10.5. The summed E-state index contributed by atoms with van der Waals surface area (Å²) in [4.78, 5) is 0. The van der Waals surface area contributed by atoms with Gasteiger partial charge in [0.15, 0.2) is 0 Å². The van der Waals surface area contributed by atoms with Crippen LogP contribution in [-0.4, -0.2) is 42.3 Å². The molecule has 5 heteroatoms. The maximum atomic E-state index is 11.9. The molecule has 0 bridgehead atoms. The van der Waals surface area contributed by atoms with E-state index in [1.165, 1.54) is 4.31 Å². The van der Waals surface area contributed by atoms with Gasteiger partial charge in [0.05, 0.1) is 11.4 Å². The number of aliphatic hydroxyl groups is 1. The Kier molecular flexibility index (Phi) is 3.80.